The minimum absolute atomic E-state index is 0.253. The van der Waals surface area contributed by atoms with Crippen molar-refractivity contribution in [3.8, 4) is 11.4 Å². The third kappa shape index (κ3) is 1.95. The lowest BCUT2D eigenvalue weighted by Gasteiger charge is -2.13. The maximum Gasteiger partial charge on any atom is 0.151 e. The van der Waals surface area contributed by atoms with Crippen molar-refractivity contribution in [2.45, 2.75) is 19.4 Å². The van der Waals surface area contributed by atoms with Crippen molar-refractivity contribution in [2.75, 3.05) is 18.0 Å². The molecule has 3 rings (SSSR count). The topological polar surface area (TPSA) is 83.7 Å². The molecule has 0 aromatic carbocycles. The number of H-pyrrole nitrogens is 1. The highest BCUT2D eigenvalue weighted by Crippen LogP contribution is 2.23. The Morgan fingerprint density at radius 2 is 2.22 bits per heavy atom. The number of hydrogen-bond acceptors (Lipinski definition) is 5. The highest BCUT2D eigenvalue weighted by molar-refractivity contribution is 5.61. The van der Waals surface area contributed by atoms with Gasteiger partial charge in [-0.2, -0.15) is 5.10 Å². The smallest absolute Gasteiger partial charge is 0.151 e. The van der Waals surface area contributed by atoms with Gasteiger partial charge >= 0.3 is 0 Å². The molecule has 2 aromatic heterocycles. The molecule has 1 unspecified atom stereocenters. The lowest BCUT2D eigenvalue weighted by Crippen LogP contribution is -2.26. The van der Waals surface area contributed by atoms with E-state index in [1.165, 1.54) is 0 Å². The Bertz CT molecular complexity index is 549. The predicted molar refractivity (Wildman–Crippen MR) is 69.2 cm³/mol. The van der Waals surface area contributed by atoms with Crippen molar-refractivity contribution in [2.24, 2.45) is 5.73 Å². The highest BCUT2D eigenvalue weighted by Gasteiger charge is 2.21. The fourth-order valence-electron chi connectivity index (χ4n) is 2.26. The van der Waals surface area contributed by atoms with Crippen molar-refractivity contribution in [3.63, 3.8) is 0 Å². The molecule has 0 spiro atoms. The second-order valence-corrected chi connectivity index (χ2v) is 4.62. The standard InChI is InChI=1S/C12H16N6/c1-8-12(15-4-3-14-8)10-6-11(17-16-10)18-5-2-9(13)7-18/h3-4,6,9H,2,5,7,13H2,1H3,(H,16,17). The first kappa shape index (κ1) is 11.2. The molecule has 6 nitrogen and oxygen atoms in total. The summed E-state index contributed by atoms with van der Waals surface area (Å²) in [6, 6.07) is 2.26. The highest BCUT2D eigenvalue weighted by atomic mass is 15.3. The minimum Gasteiger partial charge on any atom is -0.354 e. The van der Waals surface area contributed by atoms with Crippen LogP contribution in [0, 0.1) is 6.92 Å². The van der Waals surface area contributed by atoms with E-state index in [0.29, 0.717) is 0 Å². The van der Waals surface area contributed by atoms with Crippen molar-refractivity contribution < 1.29 is 0 Å². The van der Waals surface area contributed by atoms with Crippen LogP contribution < -0.4 is 10.6 Å². The third-order valence-corrected chi connectivity index (χ3v) is 3.25. The molecular weight excluding hydrogens is 228 g/mol. The normalized spacial score (nSPS) is 19.4. The van der Waals surface area contributed by atoms with Crippen LogP contribution in [-0.4, -0.2) is 39.3 Å². The molecule has 0 radical (unpaired) electrons. The molecule has 1 saturated heterocycles. The summed E-state index contributed by atoms with van der Waals surface area (Å²) in [5.74, 6) is 0.933. The molecule has 0 aliphatic carbocycles. The van der Waals surface area contributed by atoms with E-state index in [2.05, 4.69) is 25.1 Å². The molecule has 0 bridgehead atoms. The predicted octanol–water partition coefficient (Wildman–Crippen LogP) is 0.713. The average molecular weight is 244 g/mol. The maximum absolute atomic E-state index is 5.90. The molecule has 6 heteroatoms. The Hall–Kier alpha value is -1.95. The van der Waals surface area contributed by atoms with E-state index >= 15 is 0 Å². The zero-order chi connectivity index (χ0) is 12.5. The number of aromatic nitrogens is 4. The van der Waals surface area contributed by atoms with Gasteiger partial charge in [0.2, 0.25) is 0 Å². The largest absolute Gasteiger partial charge is 0.354 e. The Kier molecular flexibility index (Phi) is 2.71. The maximum atomic E-state index is 5.90. The summed E-state index contributed by atoms with van der Waals surface area (Å²) in [5, 5.41) is 7.35. The molecule has 1 aliphatic heterocycles. The minimum atomic E-state index is 0.253. The van der Waals surface area contributed by atoms with Crippen LogP contribution in [0.4, 0.5) is 5.82 Å². The van der Waals surface area contributed by atoms with E-state index in [-0.39, 0.29) is 6.04 Å². The fourth-order valence-corrected chi connectivity index (χ4v) is 2.26. The quantitative estimate of drug-likeness (QED) is 0.813. The SMILES string of the molecule is Cc1nccnc1-c1cc(N2CCC(N)C2)n[nH]1. The Labute approximate surface area is 105 Å². The van der Waals surface area contributed by atoms with Gasteiger partial charge in [0.15, 0.2) is 5.82 Å². The van der Waals surface area contributed by atoms with Crippen LogP contribution in [0.3, 0.4) is 0 Å². The number of nitrogens with one attached hydrogen (secondary N) is 1. The number of rotatable bonds is 2. The summed E-state index contributed by atoms with van der Waals surface area (Å²) in [6.45, 7) is 3.77. The van der Waals surface area contributed by atoms with Gasteiger partial charge in [0.05, 0.1) is 11.4 Å². The second-order valence-electron chi connectivity index (χ2n) is 4.62. The summed E-state index contributed by atoms with van der Waals surface area (Å²) in [6.07, 6.45) is 4.40. The van der Waals surface area contributed by atoms with Gasteiger partial charge in [0.25, 0.3) is 0 Å². The van der Waals surface area contributed by atoms with E-state index in [1.54, 1.807) is 12.4 Å². The Morgan fingerprint density at radius 1 is 1.39 bits per heavy atom. The van der Waals surface area contributed by atoms with Crippen LogP contribution >= 0.6 is 0 Å². The van der Waals surface area contributed by atoms with Crippen molar-refractivity contribution in [1.82, 2.24) is 20.2 Å². The van der Waals surface area contributed by atoms with Gasteiger partial charge in [-0.05, 0) is 13.3 Å². The van der Waals surface area contributed by atoms with Crippen LogP contribution in [0.15, 0.2) is 18.5 Å². The number of hydrogen-bond donors (Lipinski definition) is 2. The van der Waals surface area contributed by atoms with Crippen LogP contribution in [0.1, 0.15) is 12.1 Å². The van der Waals surface area contributed by atoms with Gasteiger partial charge in [-0.3, -0.25) is 15.1 Å². The molecule has 1 atom stereocenters. The molecule has 1 fully saturated rings. The zero-order valence-electron chi connectivity index (χ0n) is 10.3. The molecule has 3 heterocycles. The summed E-state index contributed by atoms with van der Waals surface area (Å²) >= 11 is 0. The molecule has 0 amide bonds. The molecular formula is C12H16N6. The first-order chi connectivity index (χ1) is 8.74. The van der Waals surface area contributed by atoms with Crippen LogP contribution in [0.5, 0.6) is 0 Å². The van der Waals surface area contributed by atoms with Crippen molar-refractivity contribution >= 4 is 5.82 Å². The number of nitrogens with zero attached hydrogens (tertiary/aromatic N) is 4. The number of aromatic amines is 1. The summed E-state index contributed by atoms with van der Waals surface area (Å²) in [7, 11) is 0. The van der Waals surface area contributed by atoms with Gasteiger partial charge in [-0.25, -0.2) is 0 Å². The number of anilines is 1. The first-order valence-electron chi connectivity index (χ1n) is 6.08. The third-order valence-electron chi connectivity index (χ3n) is 3.25. The van der Waals surface area contributed by atoms with Crippen molar-refractivity contribution in [1.29, 1.82) is 0 Å². The number of aryl methyl sites for hydroxylation is 1. The van der Waals surface area contributed by atoms with Crippen LogP contribution in [0.25, 0.3) is 11.4 Å². The Balaban J connectivity index is 1.88. The monoisotopic (exact) mass is 244 g/mol. The average Bonchev–Trinajstić information content (AvgIpc) is 2.98. The van der Waals surface area contributed by atoms with E-state index in [4.69, 9.17) is 5.73 Å². The molecule has 1 aliphatic rings. The van der Waals surface area contributed by atoms with Crippen LogP contribution in [-0.2, 0) is 0 Å². The molecule has 0 saturated carbocycles. The summed E-state index contributed by atoms with van der Waals surface area (Å²) in [5.41, 5.74) is 8.54. The lowest BCUT2D eigenvalue weighted by atomic mass is 10.2. The van der Waals surface area contributed by atoms with E-state index in [9.17, 15) is 0 Å². The Morgan fingerprint density at radius 3 is 2.94 bits per heavy atom. The van der Waals surface area contributed by atoms with Gasteiger partial charge in [-0.15, -0.1) is 0 Å². The van der Waals surface area contributed by atoms with Gasteiger partial charge < -0.3 is 10.6 Å². The molecule has 94 valence electrons. The first-order valence-corrected chi connectivity index (χ1v) is 6.08. The van der Waals surface area contributed by atoms with Gasteiger partial charge in [-0.1, -0.05) is 0 Å². The molecule has 2 aromatic rings. The molecule has 3 N–H and O–H groups in total. The molecule has 18 heavy (non-hydrogen) atoms. The van der Waals surface area contributed by atoms with E-state index < -0.39 is 0 Å². The summed E-state index contributed by atoms with van der Waals surface area (Å²) in [4.78, 5) is 10.7. The number of nitrogens with two attached hydrogens (primary N) is 1. The second kappa shape index (κ2) is 4.38. The van der Waals surface area contributed by atoms with E-state index in [0.717, 1.165) is 42.4 Å². The van der Waals surface area contributed by atoms with Crippen LogP contribution in [0.2, 0.25) is 0 Å². The fraction of sp³-hybridized carbons (Fsp3) is 0.417. The zero-order valence-corrected chi connectivity index (χ0v) is 10.3. The summed E-state index contributed by atoms with van der Waals surface area (Å²) < 4.78 is 0. The van der Waals surface area contributed by atoms with Gasteiger partial charge in [0, 0.05) is 37.6 Å². The van der Waals surface area contributed by atoms with E-state index in [1.807, 2.05) is 13.0 Å². The van der Waals surface area contributed by atoms with Crippen molar-refractivity contribution in [3.05, 3.63) is 24.2 Å². The lowest BCUT2D eigenvalue weighted by molar-refractivity contribution is 0.751. The van der Waals surface area contributed by atoms with Gasteiger partial charge in [0.1, 0.15) is 5.69 Å².